The highest BCUT2D eigenvalue weighted by atomic mass is 32.2. The zero-order valence-electron chi connectivity index (χ0n) is 10.0. The van der Waals surface area contributed by atoms with Crippen LogP contribution in [0.2, 0.25) is 0 Å². The van der Waals surface area contributed by atoms with Gasteiger partial charge in [0.2, 0.25) is 0 Å². The summed E-state index contributed by atoms with van der Waals surface area (Å²) in [7, 11) is -2.82. The fourth-order valence-corrected chi connectivity index (χ4v) is 3.95. The summed E-state index contributed by atoms with van der Waals surface area (Å²) in [5.41, 5.74) is 0. The smallest absolute Gasteiger partial charge is 0.151 e. The molecule has 1 aliphatic rings. The first kappa shape index (κ1) is 12.6. The Morgan fingerprint density at radius 1 is 1.59 bits per heavy atom. The zero-order valence-corrected chi connectivity index (χ0v) is 10.9. The number of nitrogens with zero attached hydrogens (tertiary/aromatic N) is 2. The van der Waals surface area contributed by atoms with Gasteiger partial charge in [0.1, 0.15) is 0 Å². The van der Waals surface area contributed by atoms with Crippen LogP contribution >= 0.6 is 0 Å². The third kappa shape index (κ3) is 3.81. The molecule has 0 spiro atoms. The Kier molecular flexibility index (Phi) is 3.83. The van der Waals surface area contributed by atoms with Crippen LogP contribution in [0.25, 0.3) is 0 Å². The Morgan fingerprint density at radius 3 is 3.06 bits per heavy atom. The van der Waals surface area contributed by atoms with Crippen molar-refractivity contribution < 1.29 is 8.42 Å². The molecule has 0 amide bonds. The minimum absolute atomic E-state index is 0.0966. The van der Waals surface area contributed by atoms with E-state index in [0.29, 0.717) is 5.75 Å². The van der Waals surface area contributed by atoms with Crippen molar-refractivity contribution in [1.29, 1.82) is 0 Å². The van der Waals surface area contributed by atoms with Crippen molar-refractivity contribution in [2.75, 3.05) is 11.5 Å². The van der Waals surface area contributed by atoms with Gasteiger partial charge in [0.15, 0.2) is 9.84 Å². The minimum atomic E-state index is -2.82. The third-order valence-electron chi connectivity index (χ3n) is 3.00. The number of nitrogens with one attached hydrogen (secondary N) is 1. The highest BCUT2D eigenvalue weighted by molar-refractivity contribution is 7.91. The van der Waals surface area contributed by atoms with Gasteiger partial charge in [-0.05, 0) is 25.8 Å². The van der Waals surface area contributed by atoms with Crippen molar-refractivity contribution >= 4 is 9.84 Å². The number of rotatable bonds is 4. The normalized spacial score (nSPS) is 25.6. The van der Waals surface area contributed by atoms with Crippen molar-refractivity contribution in [1.82, 2.24) is 15.1 Å². The molecule has 0 bridgehead atoms. The predicted molar refractivity (Wildman–Crippen MR) is 66.5 cm³/mol. The number of hydrogen-bond acceptors (Lipinski definition) is 4. The molecule has 0 saturated carbocycles. The van der Waals surface area contributed by atoms with Crippen molar-refractivity contribution in [3.8, 4) is 0 Å². The van der Waals surface area contributed by atoms with E-state index in [1.807, 2.05) is 16.9 Å². The molecule has 0 radical (unpaired) electrons. The number of aromatic nitrogens is 2. The van der Waals surface area contributed by atoms with E-state index in [2.05, 4.69) is 17.3 Å². The lowest BCUT2D eigenvalue weighted by atomic mass is 10.1. The summed E-state index contributed by atoms with van der Waals surface area (Å²) in [5.74, 6) is 0.620. The molecular weight excluding hydrogens is 238 g/mol. The maximum atomic E-state index is 11.5. The van der Waals surface area contributed by atoms with E-state index >= 15 is 0 Å². The van der Waals surface area contributed by atoms with Crippen molar-refractivity contribution in [2.24, 2.45) is 0 Å². The van der Waals surface area contributed by atoms with Crippen LogP contribution in [0.5, 0.6) is 0 Å². The van der Waals surface area contributed by atoms with E-state index in [0.717, 1.165) is 19.4 Å². The Labute approximate surface area is 102 Å². The quantitative estimate of drug-likeness (QED) is 0.850. The van der Waals surface area contributed by atoms with Gasteiger partial charge >= 0.3 is 0 Å². The maximum Gasteiger partial charge on any atom is 0.151 e. The van der Waals surface area contributed by atoms with Crippen LogP contribution < -0.4 is 5.32 Å². The average molecular weight is 257 g/mol. The molecule has 1 aromatic rings. The molecule has 1 fully saturated rings. The van der Waals surface area contributed by atoms with Gasteiger partial charge in [-0.25, -0.2) is 8.42 Å². The van der Waals surface area contributed by atoms with Crippen molar-refractivity contribution in [2.45, 2.75) is 38.4 Å². The Morgan fingerprint density at radius 2 is 2.41 bits per heavy atom. The van der Waals surface area contributed by atoms with E-state index < -0.39 is 9.84 Å². The minimum Gasteiger partial charge on any atom is -0.309 e. The van der Waals surface area contributed by atoms with E-state index in [1.54, 1.807) is 6.20 Å². The largest absolute Gasteiger partial charge is 0.309 e. The van der Waals surface area contributed by atoms with Crippen LogP contribution in [-0.4, -0.2) is 41.8 Å². The standard InChI is InChI=1S/C11H19N3O2S/c1-10(8-14-6-3-5-12-14)13-11-4-2-7-17(15,16)9-11/h3,5-6,10-11,13H,2,4,7-9H2,1H3. The van der Waals surface area contributed by atoms with Gasteiger partial charge in [-0.1, -0.05) is 0 Å². The molecule has 96 valence electrons. The molecule has 2 heterocycles. The lowest BCUT2D eigenvalue weighted by molar-refractivity contribution is 0.387. The van der Waals surface area contributed by atoms with Crippen LogP contribution in [-0.2, 0) is 16.4 Å². The van der Waals surface area contributed by atoms with Crippen LogP contribution in [0.15, 0.2) is 18.5 Å². The van der Waals surface area contributed by atoms with Crippen LogP contribution in [0, 0.1) is 0 Å². The third-order valence-corrected chi connectivity index (χ3v) is 4.82. The molecule has 0 aromatic carbocycles. The second-order valence-corrected chi connectivity index (χ2v) is 6.98. The summed E-state index contributed by atoms with van der Waals surface area (Å²) in [6, 6.07) is 2.21. The Hall–Kier alpha value is -0.880. The van der Waals surface area contributed by atoms with E-state index in [4.69, 9.17) is 0 Å². The van der Waals surface area contributed by atoms with Gasteiger partial charge < -0.3 is 5.32 Å². The van der Waals surface area contributed by atoms with Gasteiger partial charge in [0.05, 0.1) is 18.1 Å². The second-order valence-electron chi connectivity index (χ2n) is 4.75. The fraction of sp³-hybridized carbons (Fsp3) is 0.727. The van der Waals surface area contributed by atoms with Gasteiger partial charge in [0, 0.05) is 24.5 Å². The lowest BCUT2D eigenvalue weighted by Crippen LogP contribution is -2.45. The van der Waals surface area contributed by atoms with E-state index in [9.17, 15) is 8.42 Å². The topological polar surface area (TPSA) is 64.0 Å². The number of sulfone groups is 1. The summed E-state index contributed by atoms with van der Waals surface area (Å²) in [6.45, 7) is 2.83. The van der Waals surface area contributed by atoms with Crippen molar-refractivity contribution in [3.63, 3.8) is 0 Å². The number of hydrogen-bond donors (Lipinski definition) is 1. The molecule has 6 heteroatoms. The van der Waals surface area contributed by atoms with Crippen LogP contribution in [0.3, 0.4) is 0 Å². The predicted octanol–water partition coefficient (Wildman–Crippen LogP) is 0.438. The molecule has 2 unspecified atom stereocenters. The van der Waals surface area contributed by atoms with Crippen molar-refractivity contribution in [3.05, 3.63) is 18.5 Å². The Balaban J connectivity index is 1.84. The highest BCUT2D eigenvalue weighted by Gasteiger charge is 2.25. The lowest BCUT2D eigenvalue weighted by Gasteiger charge is -2.26. The van der Waals surface area contributed by atoms with Crippen LogP contribution in [0.1, 0.15) is 19.8 Å². The molecular formula is C11H19N3O2S. The summed E-state index contributed by atoms with van der Waals surface area (Å²) >= 11 is 0. The molecule has 17 heavy (non-hydrogen) atoms. The molecule has 1 saturated heterocycles. The highest BCUT2D eigenvalue weighted by Crippen LogP contribution is 2.12. The SMILES string of the molecule is CC(Cn1cccn1)NC1CCCS(=O)(=O)C1. The Bertz CT molecular complexity index is 441. The molecule has 0 aliphatic carbocycles. The fourth-order valence-electron chi connectivity index (χ4n) is 2.30. The molecule has 1 aliphatic heterocycles. The van der Waals surface area contributed by atoms with Crippen LogP contribution in [0.4, 0.5) is 0 Å². The molecule has 5 nitrogen and oxygen atoms in total. The van der Waals surface area contributed by atoms with Gasteiger partial charge in [0.25, 0.3) is 0 Å². The zero-order chi connectivity index (χ0) is 12.3. The van der Waals surface area contributed by atoms with Gasteiger partial charge in [-0.15, -0.1) is 0 Å². The monoisotopic (exact) mass is 257 g/mol. The van der Waals surface area contributed by atoms with E-state index in [1.165, 1.54) is 0 Å². The summed E-state index contributed by atoms with van der Waals surface area (Å²) in [4.78, 5) is 0. The molecule has 1 N–H and O–H groups in total. The average Bonchev–Trinajstić information content (AvgIpc) is 2.68. The maximum absolute atomic E-state index is 11.5. The second kappa shape index (κ2) is 5.18. The van der Waals surface area contributed by atoms with E-state index in [-0.39, 0.29) is 17.8 Å². The first-order valence-electron chi connectivity index (χ1n) is 5.99. The summed E-state index contributed by atoms with van der Waals surface area (Å²) < 4.78 is 24.9. The molecule has 1 aromatic heterocycles. The first-order valence-corrected chi connectivity index (χ1v) is 7.81. The first-order chi connectivity index (χ1) is 8.05. The summed E-state index contributed by atoms with van der Waals surface area (Å²) in [6.07, 6.45) is 5.38. The summed E-state index contributed by atoms with van der Waals surface area (Å²) in [5, 5.41) is 7.51. The molecule has 2 atom stereocenters. The van der Waals surface area contributed by atoms with Gasteiger partial charge in [-0.2, -0.15) is 5.10 Å². The van der Waals surface area contributed by atoms with Gasteiger partial charge in [-0.3, -0.25) is 4.68 Å². The molecule has 2 rings (SSSR count).